The average molecular weight is 423 g/mol. The first kappa shape index (κ1) is 23.0. The number of benzene rings is 1. The summed E-state index contributed by atoms with van der Waals surface area (Å²) in [6.45, 7) is 0.269. The number of carbonyl (C=O) groups excluding carboxylic acids is 1. The Morgan fingerprint density at radius 2 is 1.52 bits per heavy atom. The Balaban J connectivity index is 0.000000286. The van der Waals surface area contributed by atoms with Crippen LogP contribution >= 0.6 is 0 Å². The molecule has 1 atom stereocenters. The smallest absolute Gasteiger partial charge is 0.407 e. The van der Waals surface area contributed by atoms with Gasteiger partial charge in [-0.3, -0.25) is 9.97 Å². The van der Waals surface area contributed by atoms with Crippen molar-refractivity contribution in [3.8, 4) is 24.7 Å². The van der Waals surface area contributed by atoms with Crippen molar-refractivity contribution in [3.63, 3.8) is 0 Å². The number of aromatic nitrogens is 2. The van der Waals surface area contributed by atoms with E-state index in [0.717, 1.165) is 17.8 Å². The number of amides is 1. The molecular weight excluding hydrogens is 407 g/mol. The van der Waals surface area contributed by atoms with Crippen LogP contribution in [0.15, 0.2) is 61.2 Å². The number of nitrogens with zero attached hydrogens (tertiary/aromatic N) is 2. The molecule has 1 aliphatic rings. The van der Waals surface area contributed by atoms with Crippen molar-refractivity contribution in [2.75, 3.05) is 6.61 Å². The van der Waals surface area contributed by atoms with E-state index >= 15 is 0 Å². The Morgan fingerprint density at radius 3 is 2.03 bits per heavy atom. The van der Waals surface area contributed by atoms with Gasteiger partial charge >= 0.3 is 6.09 Å². The van der Waals surface area contributed by atoms with Gasteiger partial charge < -0.3 is 10.1 Å². The molecule has 0 saturated carbocycles. The van der Waals surface area contributed by atoms with Crippen LogP contribution in [-0.2, 0) is 4.74 Å². The molecule has 0 bridgehead atoms. The first-order valence-electron chi connectivity index (χ1n) is 8.75. The van der Waals surface area contributed by atoms with Crippen molar-refractivity contribution in [1.82, 2.24) is 15.3 Å². The molecule has 5 nitrogen and oxygen atoms in total. The summed E-state index contributed by atoms with van der Waals surface area (Å²) in [6, 6.07) is 7.45. The highest BCUT2D eigenvalue weighted by Gasteiger charge is 2.23. The zero-order chi connectivity index (χ0) is 22.6. The van der Waals surface area contributed by atoms with Gasteiger partial charge in [0, 0.05) is 35.8 Å². The van der Waals surface area contributed by atoms with Crippen LogP contribution < -0.4 is 5.32 Å². The van der Waals surface area contributed by atoms with Crippen LogP contribution in [0.3, 0.4) is 0 Å². The second kappa shape index (κ2) is 11.6. The van der Waals surface area contributed by atoms with E-state index in [-0.39, 0.29) is 12.6 Å². The van der Waals surface area contributed by atoms with Gasteiger partial charge in [-0.2, -0.15) is 0 Å². The number of ether oxygens (including phenoxy) is 1. The van der Waals surface area contributed by atoms with Gasteiger partial charge in [-0.25, -0.2) is 18.0 Å². The lowest BCUT2D eigenvalue weighted by molar-refractivity contribution is 0.177. The summed E-state index contributed by atoms with van der Waals surface area (Å²) in [5.41, 5.74) is 1.96. The van der Waals surface area contributed by atoms with E-state index < -0.39 is 23.5 Å². The van der Waals surface area contributed by atoms with Gasteiger partial charge in [0.25, 0.3) is 0 Å². The van der Waals surface area contributed by atoms with Gasteiger partial charge in [0.1, 0.15) is 24.1 Å². The van der Waals surface area contributed by atoms with Crippen LogP contribution in [0.2, 0.25) is 0 Å². The molecular formula is C23H16F3N3O2. The molecule has 1 saturated heterocycles. The fourth-order valence-corrected chi connectivity index (χ4v) is 2.37. The lowest BCUT2D eigenvalue weighted by atomic mass is 10.1. The molecule has 3 heterocycles. The zero-order valence-electron chi connectivity index (χ0n) is 16.1. The van der Waals surface area contributed by atoms with Crippen LogP contribution in [0, 0.1) is 42.1 Å². The number of rotatable bonds is 1. The minimum absolute atomic E-state index is 0.220. The molecule has 2 aromatic heterocycles. The van der Waals surface area contributed by atoms with Gasteiger partial charge in [0.2, 0.25) is 0 Å². The Bertz CT molecular complexity index is 1110. The lowest BCUT2D eigenvalue weighted by Crippen LogP contribution is -2.18. The number of cyclic esters (lactones) is 1. The second-order valence-electron chi connectivity index (χ2n) is 5.88. The largest absolute Gasteiger partial charge is 0.447 e. The predicted molar refractivity (Wildman–Crippen MR) is 108 cm³/mol. The third-order valence-corrected chi connectivity index (χ3v) is 3.68. The molecule has 0 aliphatic carbocycles. The van der Waals surface area contributed by atoms with Gasteiger partial charge in [0.15, 0.2) is 0 Å². The number of nitrogens with one attached hydrogen (secondary N) is 1. The van der Waals surface area contributed by atoms with Gasteiger partial charge in [-0.15, -0.1) is 12.8 Å². The normalized spacial score (nSPS) is 13.7. The molecule has 156 valence electrons. The number of pyridine rings is 2. The predicted octanol–water partition coefficient (Wildman–Crippen LogP) is 4.01. The molecule has 1 amide bonds. The molecule has 1 fully saturated rings. The van der Waals surface area contributed by atoms with E-state index in [1.165, 1.54) is 30.5 Å². The van der Waals surface area contributed by atoms with Crippen molar-refractivity contribution in [2.24, 2.45) is 0 Å². The maximum absolute atomic E-state index is 13.0. The molecule has 31 heavy (non-hydrogen) atoms. The summed E-state index contributed by atoms with van der Waals surface area (Å²) in [5.74, 6) is 4.20. The van der Waals surface area contributed by atoms with Gasteiger partial charge in [-0.05, 0) is 29.8 Å². The second-order valence-corrected chi connectivity index (χ2v) is 5.88. The van der Waals surface area contributed by atoms with Crippen molar-refractivity contribution < 1.29 is 22.7 Å². The summed E-state index contributed by atoms with van der Waals surface area (Å²) in [7, 11) is 0. The fourth-order valence-electron chi connectivity index (χ4n) is 2.37. The van der Waals surface area contributed by atoms with Crippen LogP contribution in [0.5, 0.6) is 0 Å². The van der Waals surface area contributed by atoms with E-state index in [1.54, 1.807) is 12.4 Å². The molecule has 3 aromatic rings. The third-order valence-electron chi connectivity index (χ3n) is 3.68. The van der Waals surface area contributed by atoms with Crippen molar-refractivity contribution in [2.45, 2.75) is 6.04 Å². The highest BCUT2D eigenvalue weighted by molar-refractivity contribution is 5.70. The molecule has 0 unspecified atom stereocenters. The Morgan fingerprint density at radius 1 is 0.903 bits per heavy atom. The van der Waals surface area contributed by atoms with E-state index in [4.69, 9.17) is 4.74 Å². The lowest BCUT2D eigenvalue weighted by Gasteiger charge is -2.06. The van der Waals surface area contributed by atoms with E-state index in [1.807, 2.05) is 6.07 Å². The van der Waals surface area contributed by atoms with Crippen LogP contribution in [0.4, 0.5) is 18.0 Å². The summed E-state index contributed by atoms with van der Waals surface area (Å²) < 4.78 is 41.7. The molecule has 0 spiro atoms. The monoisotopic (exact) mass is 423 g/mol. The van der Waals surface area contributed by atoms with E-state index in [2.05, 4.69) is 40.0 Å². The summed E-state index contributed by atoms with van der Waals surface area (Å²) in [6.07, 6.45) is 13.4. The van der Waals surface area contributed by atoms with Crippen LogP contribution in [0.1, 0.15) is 22.7 Å². The highest BCUT2D eigenvalue weighted by atomic mass is 19.1. The molecule has 1 aromatic carbocycles. The summed E-state index contributed by atoms with van der Waals surface area (Å²) >= 11 is 0. The SMILES string of the molecule is C#C.Fc1cccc(F)c1.O=C1N[C@H](c2cncc(C#Cc3cncc(F)c3)c2)CO1. The number of alkyl carbamates (subject to hydrolysis) is 1. The third kappa shape index (κ3) is 7.56. The molecule has 8 heteroatoms. The Kier molecular flexibility index (Phi) is 8.63. The maximum atomic E-state index is 13.0. The van der Waals surface area contributed by atoms with Crippen molar-refractivity contribution in [3.05, 3.63) is 95.3 Å². The minimum Gasteiger partial charge on any atom is -0.447 e. The number of terminal acetylenes is 1. The van der Waals surface area contributed by atoms with Gasteiger partial charge in [0.05, 0.1) is 12.2 Å². The standard InChI is InChI=1S/C15H10FN3O2.C6H4F2.C2H2/c16-13-4-11(6-18-8-13)2-1-10-3-12(7-17-5-10)14-9-21-15(20)19-14;7-5-2-1-3-6(8)4-5;1-2/h3-8,14H,9H2,(H,19,20);1-4H;1-2H/t14-;;/m0../s1. The van der Waals surface area contributed by atoms with E-state index in [0.29, 0.717) is 11.1 Å². The Labute approximate surface area is 177 Å². The van der Waals surface area contributed by atoms with Crippen molar-refractivity contribution >= 4 is 6.09 Å². The van der Waals surface area contributed by atoms with Crippen molar-refractivity contribution in [1.29, 1.82) is 0 Å². The Hall–Kier alpha value is -4.30. The first-order chi connectivity index (χ1) is 15.0. The zero-order valence-corrected chi connectivity index (χ0v) is 16.1. The van der Waals surface area contributed by atoms with Gasteiger partial charge in [-0.1, -0.05) is 17.9 Å². The highest BCUT2D eigenvalue weighted by Crippen LogP contribution is 2.17. The minimum atomic E-state index is -0.537. The van der Waals surface area contributed by atoms with Crippen LogP contribution in [-0.4, -0.2) is 22.7 Å². The van der Waals surface area contributed by atoms with E-state index in [9.17, 15) is 18.0 Å². The van der Waals surface area contributed by atoms with Crippen LogP contribution in [0.25, 0.3) is 0 Å². The first-order valence-corrected chi connectivity index (χ1v) is 8.75. The fraction of sp³-hybridized carbons (Fsp3) is 0.0870. The summed E-state index contributed by atoms with van der Waals surface area (Å²) in [4.78, 5) is 18.8. The topological polar surface area (TPSA) is 64.1 Å². The number of carbonyl (C=O) groups is 1. The molecule has 0 radical (unpaired) electrons. The number of hydrogen-bond acceptors (Lipinski definition) is 4. The summed E-state index contributed by atoms with van der Waals surface area (Å²) in [5, 5.41) is 2.67. The number of hydrogen-bond donors (Lipinski definition) is 1. The molecule has 1 N–H and O–H groups in total. The molecule has 1 aliphatic heterocycles. The molecule has 4 rings (SSSR count). The maximum Gasteiger partial charge on any atom is 0.407 e. The number of halogens is 3. The average Bonchev–Trinajstić information content (AvgIpc) is 3.21. The quantitative estimate of drug-likeness (QED) is 0.601.